The maximum atomic E-state index is 12.5. The molecule has 1 N–H and O–H groups in total. The number of hydrogen-bond acceptors (Lipinski definition) is 3. The van der Waals surface area contributed by atoms with Crippen LogP contribution in [0.3, 0.4) is 0 Å². The average Bonchev–Trinajstić information content (AvgIpc) is 2.70. The molecule has 112 valence electrons. The molecule has 6 heteroatoms. The second-order valence-electron chi connectivity index (χ2n) is 5.04. The summed E-state index contributed by atoms with van der Waals surface area (Å²) in [6.07, 6.45) is -2.84. The Balaban J connectivity index is 1.97. The first-order valence-corrected chi connectivity index (χ1v) is 6.61. The molecule has 3 nitrogen and oxygen atoms in total. The van der Waals surface area contributed by atoms with Gasteiger partial charge in [0, 0.05) is 30.8 Å². The lowest BCUT2D eigenvalue weighted by molar-refractivity contribution is -0.0960. The Morgan fingerprint density at radius 3 is 2.70 bits per heavy atom. The van der Waals surface area contributed by atoms with Crippen LogP contribution in [0.4, 0.5) is 13.2 Å². The summed E-state index contributed by atoms with van der Waals surface area (Å²) < 4.78 is 43.2. The molecule has 0 aliphatic carbocycles. The number of alkyl halides is 3. The van der Waals surface area contributed by atoms with E-state index >= 15 is 0 Å². The van der Waals surface area contributed by atoms with Gasteiger partial charge in [-0.25, -0.2) is 0 Å². The van der Waals surface area contributed by atoms with Crippen molar-refractivity contribution in [1.82, 2.24) is 10.2 Å². The minimum absolute atomic E-state index is 0.0593. The van der Waals surface area contributed by atoms with Gasteiger partial charge in [-0.15, -0.1) is 0 Å². The van der Waals surface area contributed by atoms with E-state index in [4.69, 9.17) is 4.42 Å². The number of hydrogen-bond donors (Lipinski definition) is 1. The molecular formula is C14H19F3N2O. The topological polar surface area (TPSA) is 28.4 Å². The first-order chi connectivity index (χ1) is 9.40. The Labute approximate surface area is 116 Å². The molecule has 0 radical (unpaired) electrons. The standard InChI is InChI=1S/C14H19F3N2O/c1-10-11(7-13(20-10)8-18-2)9-19-5-3-12(4-6-19)14(15,16)17/h3,7,18H,4-6,8-9H2,1-2H3. The zero-order valence-corrected chi connectivity index (χ0v) is 11.7. The number of halogens is 3. The molecule has 2 heterocycles. The quantitative estimate of drug-likeness (QED) is 0.863. The first-order valence-electron chi connectivity index (χ1n) is 6.61. The van der Waals surface area contributed by atoms with E-state index in [-0.39, 0.29) is 6.42 Å². The molecule has 0 fully saturated rings. The second kappa shape index (κ2) is 6.01. The lowest BCUT2D eigenvalue weighted by atomic mass is 10.1. The highest BCUT2D eigenvalue weighted by atomic mass is 19.4. The van der Waals surface area contributed by atoms with Crippen molar-refractivity contribution in [2.24, 2.45) is 0 Å². The van der Waals surface area contributed by atoms with Crippen LogP contribution in [0.1, 0.15) is 23.5 Å². The Morgan fingerprint density at radius 1 is 1.40 bits per heavy atom. The second-order valence-corrected chi connectivity index (χ2v) is 5.04. The summed E-state index contributed by atoms with van der Waals surface area (Å²) >= 11 is 0. The normalized spacial score (nSPS) is 17.4. The Kier molecular flexibility index (Phi) is 4.55. The Morgan fingerprint density at radius 2 is 2.15 bits per heavy atom. The molecule has 1 aliphatic heterocycles. The highest BCUT2D eigenvalue weighted by molar-refractivity contribution is 5.22. The van der Waals surface area contributed by atoms with Crippen molar-refractivity contribution in [1.29, 1.82) is 0 Å². The maximum absolute atomic E-state index is 12.5. The van der Waals surface area contributed by atoms with Gasteiger partial charge in [-0.1, -0.05) is 6.08 Å². The van der Waals surface area contributed by atoms with Crippen molar-refractivity contribution in [3.8, 4) is 0 Å². The van der Waals surface area contributed by atoms with E-state index in [1.165, 1.54) is 6.08 Å². The van der Waals surface area contributed by atoms with Gasteiger partial charge < -0.3 is 9.73 Å². The smallest absolute Gasteiger partial charge is 0.412 e. The average molecular weight is 288 g/mol. The molecule has 0 spiro atoms. The van der Waals surface area contributed by atoms with Crippen molar-refractivity contribution in [2.45, 2.75) is 32.6 Å². The SMILES string of the molecule is CNCc1cc(CN2CC=C(C(F)(F)F)CC2)c(C)o1. The van der Waals surface area contributed by atoms with Gasteiger partial charge in [-0.2, -0.15) is 13.2 Å². The minimum Gasteiger partial charge on any atom is -0.465 e. The zero-order chi connectivity index (χ0) is 14.8. The van der Waals surface area contributed by atoms with Crippen molar-refractivity contribution >= 4 is 0 Å². The predicted octanol–water partition coefficient (Wildman–Crippen LogP) is 3.00. The number of rotatable bonds is 4. The fraction of sp³-hybridized carbons (Fsp3) is 0.571. The van der Waals surface area contributed by atoms with Gasteiger partial charge in [-0.05, 0) is 26.5 Å². The van der Waals surface area contributed by atoms with Crippen LogP contribution in [-0.4, -0.2) is 31.2 Å². The molecule has 1 aromatic rings. The van der Waals surface area contributed by atoms with Crippen molar-refractivity contribution in [3.05, 3.63) is 34.8 Å². The molecule has 2 rings (SSSR count). The van der Waals surface area contributed by atoms with Crippen LogP contribution in [0.2, 0.25) is 0 Å². The lowest BCUT2D eigenvalue weighted by Gasteiger charge is -2.26. The van der Waals surface area contributed by atoms with Crippen LogP contribution in [0.25, 0.3) is 0 Å². The highest BCUT2D eigenvalue weighted by Gasteiger charge is 2.34. The third kappa shape index (κ3) is 3.64. The number of nitrogens with one attached hydrogen (secondary N) is 1. The third-order valence-corrected chi connectivity index (χ3v) is 3.47. The molecule has 0 amide bonds. The van der Waals surface area contributed by atoms with Crippen molar-refractivity contribution in [2.75, 3.05) is 20.1 Å². The maximum Gasteiger partial charge on any atom is 0.412 e. The van der Waals surface area contributed by atoms with Gasteiger partial charge in [0.1, 0.15) is 11.5 Å². The van der Waals surface area contributed by atoms with Gasteiger partial charge in [0.25, 0.3) is 0 Å². The van der Waals surface area contributed by atoms with Crippen LogP contribution in [0.5, 0.6) is 0 Å². The van der Waals surface area contributed by atoms with Gasteiger partial charge in [0.05, 0.1) is 6.54 Å². The van der Waals surface area contributed by atoms with E-state index in [2.05, 4.69) is 5.32 Å². The Hall–Kier alpha value is -1.27. The van der Waals surface area contributed by atoms with Crippen LogP contribution < -0.4 is 5.32 Å². The number of nitrogens with zero attached hydrogens (tertiary/aromatic N) is 1. The predicted molar refractivity (Wildman–Crippen MR) is 70.2 cm³/mol. The van der Waals surface area contributed by atoms with Crippen molar-refractivity contribution in [3.63, 3.8) is 0 Å². The van der Waals surface area contributed by atoms with Crippen LogP contribution >= 0.6 is 0 Å². The highest BCUT2D eigenvalue weighted by Crippen LogP contribution is 2.30. The monoisotopic (exact) mass is 288 g/mol. The zero-order valence-electron chi connectivity index (χ0n) is 11.7. The van der Waals surface area contributed by atoms with Crippen molar-refractivity contribution < 1.29 is 17.6 Å². The lowest BCUT2D eigenvalue weighted by Crippen LogP contribution is -2.31. The summed E-state index contributed by atoms with van der Waals surface area (Å²) in [5, 5.41) is 3.01. The van der Waals surface area contributed by atoms with Crippen LogP contribution in [-0.2, 0) is 13.1 Å². The molecule has 1 aliphatic rings. The summed E-state index contributed by atoms with van der Waals surface area (Å²) in [6.45, 7) is 3.92. The molecule has 1 aromatic heterocycles. The van der Waals surface area contributed by atoms with E-state index in [0.29, 0.717) is 26.2 Å². The molecule has 20 heavy (non-hydrogen) atoms. The van der Waals surface area contributed by atoms with Gasteiger partial charge in [-0.3, -0.25) is 4.90 Å². The van der Waals surface area contributed by atoms with Crippen LogP contribution in [0.15, 0.2) is 22.1 Å². The van der Waals surface area contributed by atoms with Crippen LogP contribution in [0, 0.1) is 6.92 Å². The van der Waals surface area contributed by atoms with Gasteiger partial charge >= 0.3 is 6.18 Å². The van der Waals surface area contributed by atoms with E-state index < -0.39 is 11.7 Å². The van der Waals surface area contributed by atoms with E-state index in [0.717, 1.165) is 17.1 Å². The fourth-order valence-electron chi connectivity index (χ4n) is 2.36. The summed E-state index contributed by atoms with van der Waals surface area (Å²) in [5.41, 5.74) is 0.632. The molecule has 0 saturated heterocycles. The third-order valence-electron chi connectivity index (χ3n) is 3.47. The molecular weight excluding hydrogens is 269 g/mol. The summed E-state index contributed by atoms with van der Waals surface area (Å²) in [5.74, 6) is 1.68. The number of furan rings is 1. The fourth-order valence-corrected chi connectivity index (χ4v) is 2.36. The molecule has 0 unspecified atom stereocenters. The van der Waals surface area contributed by atoms with Gasteiger partial charge in [0.2, 0.25) is 0 Å². The molecule has 0 atom stereocenters. The number of aryl methyl sites for hydroxylation is 1. The summed E-state index contributed by atoms with van der Waals surface area (Å²) in [6, 6.07) is 1.97. The summed E-state index contributed by atoms with van der Waals surface area (Å²) in [4.78, 5) is 2.00. The molecule has 0 saturated carbocycles. The minimum atomic E-state index is -4.18. The van der Waals surface area contributed by atoms with E-state index in [1.54, 1.807) is 0 Å². The van der Waals surface area contributed by atoms with E-state index in [1.807, 2.05) is 24.9 Å². The largest absolute Gasteiger partial charge is 0.465 e. The van der Waals surface area contributed by atoms with E-state index in [9.17, 15) is 13.2 Å². The Bertz CT molecular complexity index is 491. The molecule has 0 aromatic carbocycles. The molecule has 0 bridgehead atoms. The summed E-state index contributed by atoms with van der Waals surface area (Å²) in [7, 11) is 1.84. The van der Waals surface area contributed by atoms with Gasteiger partial charge in [0.15, 0.2) is 0 Å². The first kappa shape index (κ1) is 15.1.